The van der Waals surface area contributed by atoms with Crippen molar-refractivity contribution in [1.82, 2.24) is 4.98 Å². The quantitative estimate of drug-likeness (QED) is 0.694. The number of anilines is 1. The van der Waals surface area contributed by atoms with Gasteiger partial charge in [0.25, 0.3) is 5.69 Å². The molecule has 1 N–H and O–H groups in total. The molecule has 0 saturated carbocycles. The smallest absolute Gasteiger partial charge is 0.293 e. The Morgan fingerprint density at radius 2 is 2.05 bits per heavy atom. The monoisotopic (exact) mass is 299 g/mol. The van der Waals surface area contributed by atoms with Crippen LogP contribution >= 0.6 is 0 Å². The number of amides is 1. The fraction of sp³-hybridized carbons (Fsp3) is 0.200. The SMILES string of the molecule is COc1cncc(-c2cc3c(c([N+](=O)[O-])c2)NC(=O)CC3)c1. The minimum Gasteiger partial charge on any atom is -0.495 e. The van der Waals surface area contributed by atoms with Crippen molar-refractivity contribution >= 4 is 17.3 Å². The van der Waals surface area contributed by atoms with Gasteiger partial charge >= 0.3 is 0 Å². The standard InChI is InChI=1S/C15H13N3O4/c1-22-12-5-11(7-16-8-12)10-4-9-2-3-14(19)17-15(9)13(6-10)18(20)21/h4-8H,2-3H2,1H3,(H,17,19). The van der Waals surface area contributed by atoms with Gasteiger partial charge in [-0.25, -0.2) is 0 Å². The van der Waals surface area contributed by atoms with E-state index in [1.165, 1.54) is 13.2 Å². The third-order valence-corrected chi connectivity index (χ3v) is 3.56. The molecule has 2 heterocycles. The number of benzene rings is 1. The zero-order valence-corrected chi connectivity index (χ0v) is 11.8. The van der Waals surface area contributed by atoms with Gasteiger partial charge in [-0.1, -0.05) is 0 Å². The molecule has 7 heteroatoms. The summed E-state index contributed by atoms with van der Waals surface area (Å²) in [7, 11) is 1.53. The molecule has 0 radical (unpaired) electrons. The van der Waals surface area contributed by atoms with Gasteiger partial charge in [0.2, 0.25) is 5.91 Å². The van der Waals surface area contributed by atoms with Crippen LogP contribution in [0.5, 0.6) is 5.75 Å². The van der Waals surface area contributed by atoms with Crippen molar-refractivity contribution in [3.63, 3.8) is 0 Å². The Hall–Kier alpha value is -2.96. The van der Waals surface area contributed by atoms with Gasteiger partial charge in [0, 0.05) is 24.2 Å². The fourth-order valence-electron chi connectivity index (χ4n) is 2.48. The van der Waals surface area contributed by atoms with Gasteiger partial charge in [-0.2, -0.15) is 0 Å². The van der Waals surface area contributed by atoms with E-state index in [1.54, 1.807) is 18.5 Å². The number of nitro groups is 1. The molecule has 0 atom stereocenters. The minimum atomic E-state index is -0.485. The zero-order chi connectivity index (χ0) is 15.7. The number of pyridine rings is 1. The number of carbonyl (C=O) groups excluding carboxylic acids is 1. The van der Waals surface area contributed by atoms with Crippen molar-refractivity contribution in [2.75, 3.05) is 12.4 Å². The number of hydrogen-bond donors (Lipinski definition) is 1. The number of aromatic nitrogens is 1. The number of aryl methyl sites for hydroxylation is 1. The number of nitro benzene ring substituents is 1. The second-order valence-corrected chi connectivity index (χ2v) is 4.95. The molecular weight excluding hydrogens is 286 g/mol. The first-order chi connectivity index (χ1) is 10.6. The van der Waals surface area contributed by atoms with E-state index in [-0.39, 0.29) is 11.6 Å². The lowest BCUT2D eigenvalue weighted by Gasteiger charge is -2.18. The van der Waals surface area contributed by atoms with E-state index in [4.69, 9.17) is 4.74 Å². The highest BCUT2D eigenvalue weighted by Crippen LogP contribution is 2.37. The Morgan fingerprint density at radius 1 is 1.23 bits per heavy atom. The molecule has 1 aliphatic heterocycles. The van der Waals surface area contributed by atoms with E-state index in [0.717, 1.165) is 11.1 Å². The topological polar surface area (TPSA) is 94.4 Å². The second-order valence-electron chi connectivity index (χ2n) is 4.95. The Balaban J connectivity index is 2.15. The molecule has 1 aromatic heterocycles. The molecule has 7 nitrogen and oxygen atoms in total. The lowest BCUT2D eigenvalue weighted by Crippen LogP contribution is -2.20. The summed E-state index contributed by atoms with van der Waals surface area (Å²) in [4.78, 5) is 26.4. The molecule has 2 aromatic rings. The molecule has 0 unspecified atom stereocenters. The highest BCUT2D eigenvalue weighted by Gasteiger charge is 2.25. The number of methoxy groups -OCH3 is 1. The maximum absolute atomic E-state index is 11.5. The van der Waals surface area contributed by atoms with E-state index in [9.17, 15) is 14.9 Å². The van der Waals surface area contributed by atoms with Crippen LogP contribution in [0.3, 0.4) is 0 Å². The molecule has 0 aliphatic carbocycles. The molecule has 1 aliphatic rings. The molecule has 22 heavy (non-hydrogen) atoms. The largest absolute Gasteiger partial charge is 0.495 e. The van der Waals surface area contributed by atoms with Crippen molar-refractivity contribution in [2.24, 2.45) is 0 Å². The van der Waals surface area contributed by atoms with Gasteiger partial charge in [-0.05, 0) is 29.7 Å². The average molecular weight is 299 g/mol. The number of fused-ring (bicyclic) bond motifs is 1. The molecule has 0 saturated heterocycles. The summed E-state index contributed by atoms with van der Waals surface area (Å²) in [6.07, 6.45) is 3.99. The van der Waals surface area contributed by atoms with Gasteiger partial charge in [-0.15, -0.1) is 0 Å². The van der Waals surface area contributed by atoms with E-state index >= 15 is 0 Å². The lowest BCUT2D eigenvalue weighted by molar-refractivity contribution is -0.383. The highest BCUT2D eigenvalue weighted by molar-refractivity contribution is 5.97. The Morgan fingerprint density at radius 3 is 2.77 bits per heavy atom. The normalized spacial score (nSPS) is 13.2. The second kappa shape index (κ2) is 5.44. The maximum atomic E-state index is 11.5. The van der Waals surface area contributed by atoms with Crippen molar-refractivity contribution < 1.29 is 14.5 Å². The average Bonchev–Trinajstić information content (AvgIpc) is 2.53. The lowest BCUT2D eigenvalue weighted by atomic mass is 9.96. The summed E-state index contributed by atoms with van der Waals surface area (Å²) in [6, 6.07) is 5.05. The summed E-state index contributed by atoms with van der Waals surface area (Å²) in [5, 5.41) is 13.9. The third-order valence-electron chi connectivity index (χ3n) is 3.56. The molecule has 0 fully saturated rings. The van der Waals surface area contributed by atoms with Crippen molar-refractivity contribution in [3.05, 3.63) is 46.3 Å². The summed E-state index contributed by atoms with van der Waals surface area (Å²) in [6.45, 7) is 0. The van der Waals surface area contributed by atoms with E-state index in [1.807, 2.05) is 6.07 Å². The summed E-state index contributed by atoms with van der Waals surface area (Å²) < 4.78 is 5.13. The molecule has 1 amide bonds. The summed E-state index contributed by atoms with van der Waals surface area (Å²) in [5.74, 6) is 0.373. The maximum Gasteiger partial charge on any atom is 0.293 e. The number of rotatable bonds is 3. The zero-order valence-electron chi connectivity index (χ0n) is 11.8. The van der Waals surface area contributed by atoms with Crippen LogP contribution < -0.4 is 10.1 Å². The van der Waals surface area contributed by atoms with E-state index in [2.05, 4.69) is 10.3 Å². The number of carbonyl (C=O) groups is 1. The molecule has 112 valence electrons. The highest BCUT2D eigenvalue weighted by atomic mass is 16.6. The number of nitrogens with one attached hydrogen (secondary N) is 1. The Labute approximate surface area is 126 Å². The van der Waals surface area contributed by atoms with Gasteiger partial charge in [0.1, 0.15) is 11.4 Å². The van der Waals surface area contributed by atoms with Crippen molar-refractivity contribution in [1.29, 1.82) is 0 Å². The predicted molar refractivity (Wildman–Crippen MR) is 79.8 cm³/mol. The van der Waals surface area contributed by atoms with Crippen LogP contribution in [-0.2, 0) is 11.2 Å². The predicted octanol–water partition coefficient (Wildman–Crippen LogP) is 2.55. The van der Waals surface area contributed by atoms with Crippen LogP contribution in [0.2, 0.25) is 0 Å². The number of hydrogen-bond acceptors (Lipinski definition) is 5. The van der Waals surface area contributed by atoms with Crippen LogP contribution in [0.25, 0.3) is 11.1 Å². The molecule has 1 aromatic carbocycles. The number of nitrogens with zero attached hydrogens (tertiary/aromatic N) is 2. The fourth-order valence-corrected chi connectivity index (χ4v) is 2.48. The van der Waals surface area contributed by atoms with E-state index in [0.29, 0.717) is 29.8 Å². The molecule has 0 spiro atoms. The Kier molecular flexibility index (Phi) is 3.46. The first kappa shape index (κ1) is 14.0. The van der Waals surface area contributed by atoms with Crippen LogP contribution in [0.4, 0.5) is 11.4 Å². The van der Waals surface area contributed by atoms with Crippen LogP contribution in [0.15, 0.2) is 30.6 Å². The molecular formula is C15H13N3O4. The van der Waals surface area contributed by atoms with Crippen molar-refractivity contribution in [3.8, 4) is 16.9 Å². The van der Waals surface area contributed by atoms with Gasteiger partial charge in [0.15, 0.2) is 0 Å². The first-order valence-electron chi connectivity index (χ1n) is 6.69. The Bertz CT molecular complexity index is 773. The van der Waals surface area contributed by atoms with Gasteiger partial charge in [-0.3, -0.25) is 19.9 Å². The summed E-state index contributed by atoms with van der Waals surface area (Å²) >= 11 is 0. The van der Waals surface area contributed by atoms with Crippen LogP contribution in [-0.4, -0.2) is 22.9 Å². The summed E-state index contributed by atoms with van der Waals surface area (Å²) in [5.41, 5.74) is 2.34. The first-order valence-corrected chi connectivity index (χ1v) is 6.69. The molecule has 3 rings (SSSR count). The van der Waals surface area contributed by atoms with E-state index < -0.39 is 4.92 Å². The van der Waals surface area contributed by atoms with Gasteiger partial charge in [0.05, 0.1) is 18.2 Å². The minimum absolute atomic E-state index is 0.108. The van der Waals surface area contributed by atoms with Crippen LogP contribution in [0.1, 0.15) is 12.0 Å². The van der Waals surface area contributed by atoms with Gasteiger partial charge < -0.3 is 10.1 Å². The number of ether oxygens (including phenoxy) is 1. The van der Waals surface area contributed by atoms with Crippen molar-refractivity contribution in [2.45, 2.75) is 12.8 Å². The third kappa shape index (κ3) is 2.48. The van der Waals surface area contributed by atoms with Crippen LogP contribution in [0, 0.1) is 10.1 Å². The molecule has 0 bridgehead atoms.